The number of carbonyl (C=O) groups excluding carboxylic acids is 1. The van der Waals surface area contributed by atoms with Gasteiger partial charge in [-0.25, -0.2) is 4.98 Å². The van der Waals surface area contributed by atoms with E-state index in [1.165, 1.54) is 0 Å². The van der Waals surface area contributed by atoms with E-state index in [2.05, 4.69) is 30.8 Å². The number of aromatic nitrogens is 2. The number of imidazole rings is 1. The molecule has 3 N–H and O–H groups in total. The van der Waals surface area contributed by atoms with Crippen molar-refractivity contribution in [2.24, 2.45) is 0 Å². The Labute approximate surface area is 131 Å². The molecule has 0 aliphatic heterocycles. The van der Waals surface area contributed by atoms with Gasteiger partial charge < -0.3 is 15.6 Å². The number of hydrogen-bond acceptors (Lipinski definition) is 3. The van der Waals surface area contributed by atoms with Crippen LogP contribution < -0.4 is 11.1 Å². The van der Waals surface area contributed by atoms with Gasteiger partial charge in [0.15, 0.2) is 0 Å². The van der Waals surface area contributed by atoms with Gasteiger partial charge in [0.1, 0.15) is 0 Å². The number of nitrogens with one attached hydrogen (secondary N) is 1. The molecule has 1 aromatic heterocycles. The largest absolute Gasteiger partial charge is 0.398 e. The lowest BCUT2D eigenvalue weighted by atomic mass is 10.1. The highest BCUT2D eigenvalue weighted by atomic mass is 79.9. The number of halogens is 1. The fourth-order valence-corrected chi connectivity index (χ4v) is 3.11. The first-order chi connectivity index (χ1) is 10.1. The summed E-state index contributed by atoms with van der Waals surface area (Å²) in [6, 6.07) is 5.69. The molecular weight excluding hydrogens is 332 g/mol. The molecule has 1 fully saturated rings. The Bertz CT molecular complexity index is 641. The molecule has 2 unspecified atom stereocenters. The van der Waals surface area contributed by atoms with E-state index < -0.39 is 0 Å². The zero-order chi connectivity index (χ0) is 14.8. The van der Waals surface area contributed by atoms with Crippen molar-refractivity contribution in [3.8, 4) is 0 Å². The minimum atomic E-state index is -0.0776. The highest BCUT2D eigenvalue weighted by molar-refractivity contribution is 9.10. The summed E-state index contributed by atoms with van der Waals surface area (Å²) in [5.41, 5.74) is 6.99. The highest BCUT2D eigenvalue weighted by Gasteiger charge is 2.29. The zero-order valence-electron chi connectivity index (χ0n) is 11.5. The molecule has 1 aromatic carbocycles. The van der Waals surface area contributed by atoms with Crippen LogP contribution in [0.25, 0.3) is 0 Å². The van der Waals surface area contributed by atoms with E-state index in [1.54, 1.807) is 24.4 Å². The lowest BCUT2D eigenvalue weighted by molar-refractivity contribution is 0.0929. The molecule has 0 bridgehead atoms. The van der Waals surface area contributed by atoms with E-state index in [4.69, 9.17) is 5.73 Å². The van der Waals surface area contributed by atoms with Gasteiger partial charge in [0.2, 0.25) is 0 Å². The van der Waals surface area contributed by atoms with E-state index in [1.807, 2.05) is 12.5 Å². The maximum atomic E-state index is 12.4. The van der Waals surface area contributed by atoms with Gasteiger partial charge in [-0.1, -0.05) is 0 Å². The maximum absolute atomic E-state index is 12.4. The lowest BCUT2D eigenvalue weighted by Crippen LogP contribution is -2.38. The Balaban J connectivity index is 1.73. The molecule has 1 aliphatic rings. The number of anilines is 1. The number of nitrogen functional groups attached to an aromatic ring is 1. The SMILES string of the molecule is Nc1cc(C(=O)NC2CCCC2n2ccnc2)ccc1Br. The minimum absolute atomic E-state index is 0.0776. The summed E-state index contributed by atoms with van der Waals surface area (Å²) in [6.07, 6.45) is 8.69. The molecule has 110 valence electrons. The molecular formula is C15H17BrN4O. The van der Waals surface area contributed by atoms with Crippen LogP contribution in [0.4, 0.5) is 5.69 Å². The Kier molecular flexibility index (Phi) is 3.96. The van der Waals surface area contributed by atoms with Crippen LogP contribution in [0.3, 0.4) is 0 Å². The molecule has 1 aliphatic carbocycles. The van der Waals surface area contributed by atoms with E-state index in [0.717, 1.165) is 23.7 Å². The van der Waals surface area contributed by atoms with Gasteiger partial charge in [-0.2, -0.15) is 0 Å². The quantitative estimate of drug-likeness (QED) is 0.837. The van der Waals surface area contributed by atoms with Gasteiger partial charge in [0.05, 0.1) is 12.4 Å². The van der Waals surface area contributed by atoms with Crippen LogP contribution in [0.2, 0.25) is 0 Å². The van der Waals surface area contributed by atoms with Gasteiger partial charge >= 0.3 is 0 Å². The molecule has 2 aromatic rings. The summed E-state index contributed by atoms with van der Waals surface area (Å²) in [6.45, 7) is 0. The Morgan fingerprint density at radius 3 is 3.00 bits per heavy atom. The van der Waals surface area contributed by atoms with Crippen LogP contribution in [0.5, 0.6) is 0 Å². The fourth-order valence-electron chi connectivity index (χ4n) is 2.87. The first-order valence-electron chi connectivity index (χ1n) is 6.98. The molecule has 21 heavy (non-hydrogen) atoms. The third-order valence-corrected chi connectivity index (χ3v) is 4.68. The van der Waals surface area contributed by atoms with Crippen molar-refractivity contribution in [3.63, 3.8) is 0 Å². The van der Waals surface area contributed by atoms with E-state index in [0.29, 0.717) is 11.3 Å². The molecule has 5 nitrogen and oxygen atoms in total. The Morgan fingerprint density at radius 2 is 2.29 bits per heavy atom. The number of nitrogens with zero attached hydrogens (tertiary/aromatic N) is 2. The number of rotatable bonds is 3. The van der Waals surface area contributed by atoms with Crippen molar-refractivity contribution in [1.29, 1.82) is 0 Å². The van der Waals surface area contributed by atoms with Crippen molar-refractivity contribution >= 4 is 27.5 Å². The van der Waals surface area contributed by atoms with Crippen molar-refractivity contribution < 1.29 is 4.79 Å². The van der Waals surface area contributed by atoms with Crippen molar-refractivity contribution in [3.05, 3.63) is 47.0 Å². The Hall–Kier alpha value is -1.82. The van der Waals surface area contributed by atoms with E-state index in [-0.39, 0.29) is 18.0 Å². The Morgan fingerprint density at radius 1 is 1.43 bits per heavy atom. The van der Waals surface area contributed by atoms with Gasteiger partial charge in [0, 0.05) is 34.2 Å². The monoisotopic (exact) mass is 348 g/mol. The van der Waals surface area contributed by atoms with Gasteiger partial charge in [-0.3, -0.25) is 4.79 Å². The second-order valence-electron chi connectivity index (χ2n) is 5.32. The number of benzene rings is 1. The van der Waals surface area contributed by atoms with Crippen molar-refractivity contribution in [2.45, 2.75) is 31.3 Å². The third kappa shape index (κ3) is 2.95. The second kappa shape index (κ2) is 5.89. The summed E-state index contributed by atoms with van der Waals surface area (Å²) in [4.78, 5) is 16.5. The molecule has 1 heterocycles. The molecule has 0 saturated heterocycles. The standard InChI is InChI=1S/C15H17BrN4O/c16-11-5-4-10(8-12(11)17)15(21)19-13-2-1-3-14(13)20-7-6-18-9-20/h4-9,13-14H,1-3,17H2,(H,19,21). The normalized spacial score (nSPS) is 21.4. The topological polar surface area (TPSA) is 72.9 Å². The van der Waals surface area contributed by atoms with Crippen LogP contribution in [-0.4, -0.2) is 21.5 Å². The predicted molar refractivity (Wildman–Crippen MR) is 84.9 cm³/mol. The average Bonchev–Trinajstić information content (AvgIpc) is 3.12. The van der Waals surface area contributed by atoms with Crippen molar-refractivity contribution in [1.82, 2.24) is 14.9 Å². The minimum Gasteiger partial charge on any atom is -0.398 e. The predicted octanol–water partition coefficient (Wildman–Crippen LogP) is 2.75. The van der Waals surface area contributed by atoms with Gasteiger partial charge in [0.25, 0.3) is 5.91 Å². The molecule has 3 rings (SSSR count). The average molecular weight is 349 g/mol. The molecule has 1 amide bonds. The summed E-state index contributed by atoms with van der Waals surface area (Å²) in [5.74, 6) is -0.0776. The smallest absolute Gasteiger partial charge is 0.251 e. The molecule has 0 spiro atoms. The summed E-state index contributed by atoms with van der Waals surface area (Å²) in [7, 11) is 0. The van der Waals surface area contributed by atoms with Crippen LogP contribution >= 0.6 is 15.9 Å². The lowest BCUT2D eigenvalue weighted by Gasteiger charge is -2.22. The highest BCUT2D eigenvalue weighted by Crippen LogP contribution is 2.30. The summed E-state index contributed by atoms with van der Waals surface area (Å²) >= 11 is 3.34. The van der Waals surface area contributed by atoms with Crippen molar-refractivity contribution in [2.75, 3.05) is 5.73 Å². The van der Waals surface area contributed by atoms with E-state index in [9.17, 15) is 4.79 Å². The molecule has 2 atom stereocenters. The summed E-state index contributed by atoms with van der Waals surface area (Å²) in [5, 5.41) is 3.12. The number of nitrogens with two attached hydrogens (primary N) is 1. The van der Waals surface area contributed by atoms with Crippen LogP contribution in [0, 0.1) is 0 Å². The third-order valence-electron chi connectivity index (χ3n) is 3.96. The van der Waals surface area contributed by atoms with Crippen LogP contribution in [-0.2, 0) is 0 Å². The maximum Gasteiger partial charge on any atom is 0.251 e. The second-order valence-corrected chi connectivity index (χ2v) is 6.18. The fraction of sp³-hybridized carbons (Fsp3) is 0.333. The molecule has 1 saturated carbocycles. The van der Waals surface area contributed by atoms with Crippen LogP contribution in [0.15, 0.2) is 41.4 Å². The summed E-state index contributed by atoms with van der Waals surface area (Å²) < 4.78 is 2.88. The first-order valence-corrected chi connectivity index (χ1v) is 7.78. The van der Waals surface area contributed by atoms with E-state index >= 15 is 0 Å². The van der Waals surface area contributed by atoms with Gasteiger partial charge in [-0.05, 0) is 53.4 Å². The number of hydrogen-bond donors (Lipinski definition) is 2. The number of carbonyl (C=O) groups is 1. The zero-order valence-corrected chi connectivity index (χ0v) is 13.1. The van der Waals surface area contributed by atoms with Gasteiger partial charge in [-0.15, -0.1) is 0 Å². The molecule has 6 heteroatoms. The van der Waals surface area contributed by atoms with Crippen LogP contribution in [0.1, 0.15) is 35.7 Å². The number of amides is 1. The molecule has 0 radical (unpaired) electrons. The first kappa shape index (κ1) is 14.1.